The molecule has 0 bridgehead atoms. The van der Waals surface area contributed by atoms with Crippen LogP contribution in [0.25, 0.3) is 0 Å². The third-order valence-corrected chi connectivity index (χ3v) is 4.97. The molecule has 1 fully saturated rings. The lowest BCUT2D eigenvalue weighted by molar-refractivity contribution is -0.384. The Kier molecular flexibility index (Phi) is 5.13. The number of anilines is 1. The summed E-state index contributed by atoms with van der Waals surface area (Å²) in [5, 5.41) is 11.2. The molecule has 0 unspecified atom stereocenters. The van der Waals surface area contributed by atoms with E-state index in [4.69, 9.17) is 11.6 Å². The van der Waals surface area contributed by atoms with Gasteiger partial charge in [0, 0.05) is 43.4 Å². The third kappa shape index (κ3) is 3.65. The van der Waals surface area contributed by atoms with Crippen molar-refractivity contribution in [2.75, 3.05) is 24.5 Å². The van der Waals surface area contributed by atoms with Crippen molar-refractivity contribution in [3.8, 4) is 0 Å². The van der Waals surface area contributed by atoms with Gasteiger partial charge in [0.2, 0.25) is 0 Å². The highest BCUT2D eigenvalue weighted by atomic mass is 35.5. The van der Waals surface area contributed by atoms with E-state index >= 15 is 0 Å². The van der Waals surface area contributed by atoms with Gasteiger partial charge in [-0.1, -0.05) is 29.3 Å². The third-order valence-electron chi connectivity index (χ3n) is 4.67. The maximum absolute atomic E-state index is 12.8. The predicted octanol–water partition coefficient (Wildman–Crippen LogP) is 3.91. The molecule has 0 spiro atoms. The van der Waals surface area contributed by atoms with Crippen LogP contribution in [0.4, 0.5) is 11.4 Å². The first-order valence-corrected chi connectivity index (χ1v) is 8.81. The minimum Gasteiger partial charge on any atom is -0.366 e. The van der Waals surface area contributed by atoms with Crippen LogP contribution in [-0.4, -0.2) is 41.4 Å². The molecule has 0 aromatic heterocycles. The van der Waals surface area contributed by atoms with Crippen molar-refractivity contribution in [2.45, 2.75) is 19.9 Å². The Morgan fingerprint density at radius 1 is 1.19 bits per heavy atom. The lowest BCUT2D eigenvalue weighted by atomic mass is 10.1. The van der Waals surface area contributed by atoms with Crippen molar-refractivity contribution in [3.63, 3.8) is 0 Å². The van der Waals surface area contributed by atoms with Gasteiger partial charge in [-0.2, -0.15) is 0 Å². The van der Waals surface area contributed by atoms with Gasteiger partial charge < -0.3 is 9.80 Å². The van der Waals surface area contributed by atoms with Gasteiger partial charge in [0.15, 0.2) is 0 Å². The van der Waals surface area contributed by atoms with Crippen LogP contribution < -0.4 is 4.90 Å². The summed E-state index contributed by atoms with van der Waals surface area (Å²) in [7, 11) is 0. The predicted molar refractivity (Wildman–Crippen MR) is 102 cm³/mol. The maximum atomic E-state index is 12.8. The van der Waals surface area contributed by atoms with E-state index in [2.05, 4.69) is 4.90 Å². The molecule has 1 aliphatic rings. The van der Waals surface area contributed by atoms with Crippen molar-refractivity contribution in [2.24, 2.45) is 0 Å². The fourth-order valence-electron chi connectivity index (χ4n) is 3.21. The van der Waals surface area contributed by atoms with Crippen molar-refractivity contribution in [1.29, 1.82) is 0 Å². The van der Waals surface area contributed by atoms with Crippen LogP contribution in [0.1, 0.15) is 22.8 Å². The smallest absolute Gasteiger partial charge is 0.271 e. The number of rotatable bonds is 3. The van der Waals surface area contributed by atoms with Gasteiger partial charge in [-0.3, -0.25) is 14.9 Å². The number of nitrogens with zero attached hydrogens (tertiary/aromatic N) is 3. The first-order valence-electron chi connectivity index (χ1n) is 8.43. The monoisotopic (exact) mass is 373 g/mol. The molecule has 1 saturated heterocycles. The second-order valence-electron chi connectivity index (χ2n) is 6.55. The highest BCUT2D eigenvalue weighted by Gasteiger charge is 2.29. The number of nitro benzene ring substituents is 1. The van der Waals surface area contributed by atoms with Gasteiger partial charge in [0.05, 0.1) is 15.6 Å². The zero-order valence-corrected chi connectivity index (χ0v) is 15.4. The van der Waals surface area contributed by atoms with Crippen LogP contribution in [0.3, 0.4) is 0 Å². The molecular weight excluding hydrogens is 354 g/mol. The molecule has 1 aliphatic heterocycles. The summed E-state index contributed by atoms with van der Waals surface area (Å²) in [5.74, 6) is 0.0203. The number of nitro groups is 1. The van der Waals surface area contributed by atoms with Crippen molar-refractivity contribution >= 4 is 28.9 Å². The fraction of sp³-hybridized carbons (Fsp3) is 0.316. The summed E-state index contributed by atoms with van der Waals surface area (Å²) < 4.78 is 0. The molecular formula is C19H20ClN3O3. The summed E-state index contributed by atoms with van der Waals surface area (Å²) in [4.78, 5) is 27.1. The lowest BCUT2D eigenvalue weighted by Gasteiger charge is -2.41. The van der Waals surface area contributed by atoms with Crippen molar-refractivity contribution < 1.29 is 9.72 Å². The summed E-state index contributed by atoms with van der Waals surface area (Å²) in [6, 6.07) is 12.1. The van der Waals surface area contributed by atoms with Crippen molar-refractivity contribution in [1.82, 2.24) is 4.90 Å². The number of carbonyl (C=O) groups is 1. The number of halogens is 1. The van der Waals surface area contributed by atoms with Crippen LogP contribution in [0.5, 0.6) is 0 Å². The minimum absolute atomic E-state index is 0.00353. The highest BCUT2D eigenvalue weighted by molar-refractivity contribution is 6.33. The van der Waals surface area contributed by atoms with Gasteiger partial charge in [0.1, 0.15) is 0 Å². The van der Waals surface area contributed by atoms with E-state index in [0.29, 0.717) is 30.2 Å². The van der Waals surface area contributed by atoms with Gasteiger partial charge >= 0.3 is 0 Å². The Morgan fingerprint density at radius 2 is 1.88 bits per heavy atom. The zero-order chi connectivity index (χ0) is 18.8. The largest absolute Gasteiger partial charge is 0.366 e. The van der Waals surface area contributed by atoms with Gasteiger partial charge in [-0.15, -0.1) is 0 Å². The highest BCUT2D eigenvalue weighted by Crippen LogP contribution is 2.31. The molecule has 26 heavy (non-hydrogen) atoms. The Labute approximate surface area is 157 Å². The summed E-state index contributed by atoms with van der Waals surface area (Å²) >= 11 is 6.24. The molecule has 1 atom stereocenters. The van der Waals surface area contributed by atoms with E-state index < -0.39 is 4.92 Å². The molecule has 0 radical (unpaired) electrons. The second-order valence-corrected chi connectivity index (χ2v) is 6.96. The standard InChI is InChI=1S/C19H20ClN3O3/c1-13-3-5-15(6-4-13)19(24)22-10-9-21(12-14(22)2)18-8-7-16(23(25)26)11-17(18)20/h3-8,11,14H,9-10,12H2,1-2H3/t14-/m1/s1. The number of benzene rings is 2. The molecule has 3 rings (SSSR count). The second kappa shape index (κ2) is 7.33. The Morgan fingerprint density at radius 3 is 2.46 bits per heavy atom. The Balaban J connectivity index is 1.73. The van der Waals surface area contributed by atoms with E-state index in [1.165, 1.54) is 12.1 Å². The first-order chi connectivity index (χ1) is 12.4. The Bertz CT molecular complexity index is 838. The van der Waals surface area contributed by atoms with Crippen LogP contribution in [-0.2, 0) is 0 Å². The molecule has 7 heteroatoms. The summed E-state index contributed by atoms with van der Waals surface area (Å²) in [5.41, 5.74) is 2.53. The van der Waals surface area contributed by atoms with E-state index in [0.717, 1.165) is 11.3 Å². The summed E-state index contributed by atoms with van der Waals surface area (Å²) in [6.07, 6.45) is 0. The molecule has 0 saturated carbocycles. The number of hydrogen-bond acceptors (Lipinski definition) is 4. The first kappa shape index (κ1) is 18.2. The van der Waals surface area contributed by atoms with Gasteiger partial charge in [-0.25, -0.2) is 0 Å². The number of carbonyl (C=O) groups excluding carboxylic acids is 1. The minimum atomic E-state index is -0.462. The average molecular weight is 374 g/mol. The van der Waals surface area contributed by atoms with E-state index in [9.17, 15) is 14.9 Å². The maximum Gasteiger partial charge on any atom is 0.271 e. The number of hydrogen-bond donors (Lipinski definition) is 0. The van der Waals surface area contributed by atoms with E-state index in [1.54, 1.807) is 6.07 Å². The Hall–Kier alpha value is -2.60. The zero-order valence-electron chi connectivity index (χ0n) is 14.7. The number of amides is 1. The molecule has 6 nitrogen and oxygen atoms in total. The topological polar surface area (TPSA) is 66.7 Å². The van der Waals surface area contributed by atoms with Crippen LogP contribution in [0.15, 0.2) is 42.5 Å². The molecule has 1 amide bonds. The molecule has 2 aromatic rings. The van der Waals surface area contributed by atoms with E-state index in [1.807, 2.05) is 43.0 Å². The van der Waals surface area contributed by atoms with Crippen LogP contribution in [0.2, 0.25) is 5.02 Å². The SMILES string of the molecule is Cc1ccc(C(=O)N2CCN(c3ccc([N+](=O)[O-])cc3Cl)C[C@H]2C)cc1. The number of aryl methyl sites for hydroxylation is 1. The quantitative estimate of drug-likeness (QED) is 0.604. The molecule has 0 N–H and O–H groups in total. The van der Waals surface area contributed by atoms with Crippen LogP contribution in [0, 0.1) is 17.0 Å². The molecule has 1 heterocycles. The number of piperazine rings is 1. The molecule has 2 aromatic carbocycles. The average Bonchev–Trinajstić information content (AvgIpc) is 2.61. The van der Waals surface area contributed by atoms with Crippen LogP contribution >= 0.6 is 11.6 Å². The van der Waals surface area contributed by atoms with Crippen molar-refractivity contribution in [3.05, 3.63) is 68.7 Å². The normalized spacial score (nSPS) is 17.3. The molecule has 0 aliphatic carbocycles. The summed E-state index contributed by atoms with van der Waals surface area (Å²) in [6.45, 7) is 5.80. The van der Waals surface area contributed by atoms with Gasteiger partial charge in [0.25, 0.3) is 11.6 Å². The fourth-order valence-corrected chi connectivity index (χ4v) is 3.50. The molecule has 136 valence electrons. The van der Waals surface area contributed by atoms with E-state index in [-0.39, 0.29) is 17.6 Å². The number of non-ortho nitro benzene ring substituents is 1. The lowest BCUT2D eigenvalue weighted by Crippen LogP contribution is -2.54. The van der Waals surface area contributed by atoms with Gasteiger partial charge in [-0.05, 0) is 32.0 Å².